The standard InChI is InChI=1S/C13H15NO3/c1-13(2,8-17-3)14-11(15)9-6-4-5-7-10(9)12(14)16/h4-7H,8H2,1-3H3. The van der Waals surface area contributed by atoms with Crippen LogP contribution in [0.25, 0.3) is 0 Å². The van der Waals surface area contributed by atoms with E-state index in [0.717, 1.165) is 0 Å². The third-order valence-corrected chi connectivity index (χ3v) is 2.90. The maximum atomic E-state index is 12.2. The Hall–Kier alpha value is -1.68. The fraction of sp³-hybridized carbons (Fsp3) is 0.385. The van der Waals surface area contributed by atoms with Gasteiger partial charge in [0.15, 0.2) is 0 Å². The smallest absolute Gasteiger partial charge is 0.262 e. The maximum absolute atomic E-state index is 12.2. The average molecular weight is 233 g/mol. The lowest BCUT2D eigenvalue weighted by atomic mass is 10.0. The molecule has 0 atom stereocenters. The zero-order chi connectivity index (χ0) is 12.6. The molecule has 2 amide bonds. The topological polar surface area (TPSA) is 46.6 Å². The van der Waals surface area contributed by atoms with Gasteiger partial charge in [0.1, 0.15) is 0 Å². The van der Waals surface area contributed by atoms with Gasteiger partial charge >= 0.3 is 0 Å². The number of benzene rings is 1. The van der Waals surface area contributed by atoms with Crippen molar-refractivity contribution in [2.45, 2.75) is 19.4 Å². The number of hydrogen-bond donors (Lipinski definition) is 0. The Labute approximate surface area is 100 Å². The summed E-state index contributed by atoms with van der Waals surface area (Å²) in [6.45, 7) is 3.95. The molecular formula is C13H15NO3. The highest BCUT2D eigenvalue weighted by Gasteiger charge is 2.43. The highest BCUT2D eigenvalue weighted by Crippen LogP contribution is 2.29. The Morgan fingerprint density at radius 1 is 1.12 bits per heavy atom. The van der Waals surface area contributed by atoms with Crippen LogP contribution in [0.5, 0.6) is 0 Å². The lowest BCUT2D eigenvalue weighted by molar-refractivity contribution is 0.0275. The van der Waals surface area contributed by atoms with E-state index in [1.165, 1.54) is 4.90 Å². The van der Waals surface area contributed by atoms with E-state index >= 15 is 0 Å². The van der Waals surface area contributed by atoms with Crippen LogP contribution in [-0.4, -0.2) is 36.0 Å². The van der Waals surface area contributed by atoms with Crippen molar-refractivity contribution in [2.24, 2.45) is 0 Å². The average Bonchev–Trinajstić information content (AvgIpc) is 2.53. The molecule has 0 unspecified atom stereocenters. The predicted octanol–water partition coefficient (Wildman–Crippen LogP) is 1.71. The third kappa shape index (κ3) is 1.74. The van der Waals surface area contributed by atoms with Gasteiger partial charge in [-0.05, 0) is 26.0 Å². The zero-order valence-corrected chi connectivity index (χ0v) is 10.2. The van der Waals surface area contributed by atoms with Gasteiger partial charge in [-0.1, -0.05) is 12.1 Å². The summed E-state index contributed by atoms with van der Waals surface area (Å²) in [5.41, 5.74) is 0.311. The number of ether oxygens (including phenoxy) is 1. The molecule has 2 rings (SSSR count). The van der Waals surface area contributed by atoms with E-state index in [1.807, 2.05) is 13.8 Å². The van der Waals surface area contributed by atoms with Crippen LogP contribution in [-0.2, 0) is 4.74 Å². The second-order valence-electron chi connectivity index (χ2n) is 4.74. The first kappa shape index (κ1) is 11.8. The summed E-state index contributed by atoms with van der Waals surface area (Å²) in [5, 5.41) is 0. The maximum Gasteiger partial charge on any atom is 0.262 e. The van der Waals surface area contributed by atoms with Gasteiger partial charge in [0.2, 0.25) is 0 Å². The molecule has 4 heteroatoms. The zero-order valence-electron chi connectivity index (χ0n) is 10.2. The summed E-state index contributed by atoms with van der Waals surface area (Å²) in [5.74, 6) is -0.486. The van der Waals surface area contributed by atoms with Gasteiger partial charge in [-0.15, -0.1) is 0 Å². The van der Waals surface area contributed by atoms with E-state index < -0.39 is 5.54 Å². The fourth-order valence-electron chi connectivity index (χ4n) is 2.16. The Morgan fingerprint density at radius 2 is 1.59 bits per heavy atom. The molecule has 0 bridgehead atoms. The van der Waals surface area contributed by atoms with E-state index in [4.69, 9.17) is 4.74 Å². The number of carbonyl (C=O) groups excluding carboxylic acids is 2. The van der Waals surface area contributed by atoms with Crippen LogP contribution in [0.2, 0.25) is 0 Å². The van der Waals surface area contributed by atoms with Crippen molar-refractivity contribution >= 4 is 11.8 Å². The van der Waals surface area contributed by atoms with E-state index in [0.29, 0.717) is 17.7 Å². The minimum atomic E-state index is -0.637. The number of carbonyl (C=O) groups is 2. The summed E-state index contributed by atoms with van der Waals surface area (Å²) >= 11 is 0. The van der Waals surface area contributed by atoms with E-state index in [1.54, 1.807) is 31.4 Å². The van der Waals surface area contributed by atoms with Gasteiger partial charge in [-0.3, -0.25) is 14.5 Å². The fourth-order valence-corrected chi connectivity index (χ4v) is 2.16. The molecule has 0 saturated heterocycles. The summed E-state index contributed by atoms with van der Waals surface area (Å²) in [6, 6.07) is 6.88. The van der Waals surface area contributed by atoms with Crippen molar-refractivity contribution in [3.63, 3.8) is 0 Å². The Morgan fingerprint density at radius 3 is 2.00 bits per heavy atom. The second kappa shape index (κ2) is 3.96. The van der Waals surface area contributed by atoms with Crippen molar-refractivity contribution in [2.75, 3.05) is 13.7 Å². The van der Waals surface area contributed by atoms with Crippen LogP contribution >= 0.6 is 0 Å². The highest BCUT2D eigenvalue weighted by atomic mass is 16.5. The predicted molar refractivity (Wildman–Crippen MR) is 62.9 cm³/mol. The molecule has 0 fully saturated rings. The Kier molecular flexibility index (Phi) is 2.75. The largest absolute Gasteiger partial charge is 0.382 e. The molecule has 17 heavy (non-hydrogen) atoms. The van der Waals surface area contributed by atoms with E-state index in [9.17, 15) is 9.59 Å². The van der Waals surface area contributed by atoms with Crippen molar-refractivity contribution in [1.29, 1.82) is 0 Å². The molecule has 0 radical (unpaired) electrons. The normalized spacial score (nSPS) is 15.4. The van der Waals surface area contributed by atoms with E-state index in [-0.39, 0.29) is 11.8 Å². The van der Waals surface area contributed by atoms with Gasteiger partial charge in [-0.25, -0.2) is 0 Å². The lowest BCUT2D eigenvalue weighted by Crippen LogP contribution is -2.50. The van der Waals surface area contributed by atoms with Crippen molar-refractivity contribution < 1.29 is 14.3 Å². The molecule has 0 aliphatic carbocycles. The summed E-state index contributed by atoms with van der Waals surface area (Å²) in [6.07, 6.45) is 0. The number of rotatable bonds is 3. The minimum absolute atomic E-state index is 0.243. The van der Waals surface area contributed by atoms with Gasteiger partial charge in [0, 0.05) is 7.11 Å². The van der Waals surface area contributed by atoms with Gasteiger partial charge in [0.05, 0.1) is 23.3 Å². The minimum Gasteiger partial charge on any atom is -0.382 e. The quantitative estimate of drug-likeness (QED) is 0.747. The van der Waals surface area contributed by atoms with Crippen LogP contribution in [0.3, 0.4) is 0 Å². The van der Waals surface area contributed by atoms with Crippen LogP contribution < -0.4 is 0 Å². The Bertz CT molecular complexity index is 444. The summed E-state index contributed by atoms with van der Waals surface area (Å²) in [4.78, 5) is 25.6. The molecular weight excluding hydrogens is 218 g/mol. The highest BCUT2D eigenvalue weighted by molar-refractivity contribution is 6.21. The SMILES string of the molecule is COCC(C)(C)N1C(=O)c2ccccc2C1=O. The summed E-state index contributed by atoms with van der Waals surface area (Å²) < 4.78 is 5.07. The molecule has 1 heterocycles. The number of fused-ring (bicyclic) bond motifs is 1. The molecule has 4 nitrogen and oxygen atoms in total. The molecule has 90 valence electrons. The first-order chi connectivity index (χ1) is 7.99. The second-order valence-corrected chi connectivity index (χ2v) is 4.74. The first-order valence-corrected chi connectivity index (χ1v) is 5.46. The number of hydrogen-bond acceptors (Lipinski definition) is 3. The molecule has 0 spiro atoms. The van der Waals surface area contributed by atoms with Gasteiger partial charge in [0.25, 0.3) is 11.8 Å². The molecule has 1 aliphatic heterocycles. The molecule has 1 aliphatic rings. The Balaban J connectivity index is 2.43. The van der Waals surface area contributed by atoms with Gasteiger partial charge < -0.3 is 4.74 Å². The van der Waals surface area contributed by atoms with E-state index in [2.05, 4.69) is 0 Å². The van der Waals surface area contributed by atoms with Crippen molar-refractivity contribution in [3.8, 4) is 0 Å². The lowest BCUT2D eigenvalue weighted by Gasteiger charge is -2.32. The van der Waals surface area contributed by atoms with Crippen LogP contribution in [0.15, 0.2) is 24.3 Å². The van der Waals surface area contributed by atoms with Crippen LogP contribution in [0.1, 0.15) is 34.6 Å². The van der Waals surface area contributed by atoms with Crippen LogP contribution in [0.4, 0.5) is 0 Å². The number of nitrogens with zero attached hydrogens (tertiary/aromatic N) is 1. The summed E-state index contributed by atoms with van der Waals surface area (Å²) in [7, 11) is 1.56. The molecule has 0 aromatic heterocycles. The molecule has 1 aromatic carbocycles. The number of methoxy groups -OCH3 is 1. The monoisotopic (exact) mass is 233 g/mol. The number of imide groups is 1. The number of amides is 2. The van der Waals surface area contributed by atoms with Gasteiger partial charge in [-0.2, -0.15) is 0 Å². The molecule has 0 N–H and O–H groups in total. The van der Waals surface area contributed by atoms with Crippen molar-refractivity contribution in [3.05, 3.63) is 35.4 Å². The van der Waals surface area contributed by atoms with Crippen molar-refractivity contribution in [1.82, 2.24) is 4.90 Å². The first-order valence-electron chi connectivity index (χ1n) is 5.46. The third-order valence-electron chi connectivity index (χ3n) is 2.90. The molecule has 0 saturated carbocycles. The van der Waals surface area contributed by atoms with Crippen LogP contribution in [0, 0.1) is 0 Å². The molecule has 1 aromatic rings.